The van der Waals surface area contributed by atoms with Crippen molar-refractivity contribution in [2.75, 3.05) is 26.8 Å². The Bertz CT molecular complexity index is 543. The van der Waals surface area contributed by atoms with Gasteiger partial charge in [-0.3, -0.25) is 9.59 Å². The number of alkyl halides is 1. The van der Waals surface area contributed by atoms with Crippen molar-refractivity contribution in [3.8, 4) is 0 Å². The second-order valence-corrected chi connectivity index (χ2v) is 6.75. The highest BCUT2D eigenvalue weighted by Gasteiger charge is 2.26. The number of hydrogen-bond acceptors (Lipinski definition) is 3. The lowest BCUT2D eigenvalue weighted by molar-refractivity contribution is -0.142. The average Bonchev–Trinajstić information content (AvgIpc) is 2.92. The highest BCUT2D eigenvalue weighted by molar-refractivity contribution is 6.30. The molecule has 1 atom stereocenters. The van der Waals surface area contributed by atoms with Crippen LogP contribution in [0.15, 0.2) is 18.3 Å². The minimum Gasteiger partial charge on any atom is -0.383 e. The van der Waals surface area contributed by atoms with Gasteiger partial charge in [-0.05, 0) is 32.9 Å². The quantitative estimate of drug-likeness (QED) is 0.634. The summed E-state index contributed by atoms with van der Waals surface area (Å²) >= 11 is 5.91. The van der Waals surface area contributed by atoms with E-state index >= 15 is 0 Å². The fourth-order valence-corrected chi connectivity index (χ4v) is 2.46. The first-order chi connectivity index (χ1) is 11.3. The molecule has 2 amide bonds. The molecule has 0 aliphatic heterocycles. The molecule has 24 heavy (non-hydrogen) atoms. The van der Waals surface area contributed by atoms with Crippen LogP contribution >= 0.6 is 11.6 Å². The third kappa shape index (κ3) is 5.83. The van der Waals surface area contributed by atoms with Gasteiger partial charge in [-0.25, -0.2) is 0 Å². The Morgan fingerprint density at radius 2 is 2.00 bits per heavy atom. The molecular weight excluding hydrogens is 330 g/mol. The van der Waals surface area contributed by atoms with Crippen molar-refractivity contribution in [2.45, 2.75) is 38.7 Å². The number of methoxy groups -OCH3 is 1. The molecule has 1 heterocycles. The third-order valence-electron chi connectivity index (χ3n) is 3.87. The number of aryl methyl sites for hydroxylation is 1. The van der Waals surface area contributed by atoms with E-state index in [1.165, 1.54) is 4.90 Å². The minimum atomic E-state index is -0.652. The highest BCUT2D eigenvalue weighted by Crippen LogP contribution is 2.10. The fraction of sp³-hybridized carbons (Fsp3) is 0.647. The number of carbonyl (C=O) groups is 2. The molecule has 0 saturated heterocycles. The standard InChI is InChI=1S/C17H28ClN3O3/c1-13(2)21(17(23)14(3)18)12-16(22)20(9-10-24-5)11-15-7-6-8-19(15)4/h6-8,13-14H,9-12H2,1-5H3. The van der Waals surface area contributed by atoms with Gasteiger partial charge in [-0.2, -0.15) is 0 Å². The highest BCUT2D eigenvalue weighted by atomic mass is 35.5. The molecule has 1 aromatic heterocycles. The lowest BCUT2D eigenvalue weighted by Gasteiger charge is -2.30. The van der Waals surface area contributed by atoms with Crippen molar-refractivity contribution in [3.05, 3.63) is 24.0 Å². The molecule has 0 spiro atoms. The summed E-state index contributed by atoms with van der Waals surface area (Å²) in [5, 5.41) is -0.652. The Labute approximate surface area is 149 Å². The van der Waals surface area contributed by atoms with Crippen LogP contribution in [0, 0.1) is 0 Å². The van der Waals surface area contributed by atoms with E-state index in [1.807, 2.05) is 43.8 Å². The van der Waals surface area contributed by atoms with Gasteiger partial charge in [0.25, 0.3) is 0 Å². The van der Waals surface area contributed by atoms with Crippen LogP contribution in [0.3, 0.4) is 0 Å². The first-order valence-corrected chi connectivity index (χ1v) is 8.53. The molecule has 6 nitrogen and oxygen atoms in total. The van der Waals surface area contributed by atoms with E-state index in [9.17, 15) is 9.59 Å². The number of rotatable bonds is 9. The molecule has 0 fully saturated rings. The van der Waals surface area contributed by atoms with Gasteiger partial charge in [-0.1, -0.05) is 0 Å². The maximum Gasteiger partial charge on any atom is 0.242 e. The topological polar surface area (TPSA) is 54.8 Å². The monoisotopic (exact) mass is 357 g/mol. The summed E-state index contributed by atoms with van der Waals surface area (Å²) in [4.78, 5) is 28.2. The van der Waals surface area contributed by atoms with Crippen LogP contribution in [0.4, 0.5) is 0 Å². The first kappa shape index (κ1) is 20.5. The van der Waals surface area contributed by atoms with Crippen molar-refractivity contribution < 1.29 is 14.3 Å². The van der Waals surface area contributed by atoms with Crippen LogP contribution in [0.5, 0.6) is 0 Å². The van der Waals surface area contributed by atoms with E-state index in [4.69, 9.17) is 16.3 Å². The second kappa shape index (κ2) is 9.69. The summed E-state index contributed by atoms with van der Waals surface area (Å²) in [5.41, 5.74) is 1.02. The Kier molecular flexibility index (Phi) is 8.28. The Morgan fingerprint density at radius 1 is 1.33 bits per heavy atom. The number of aromatic nitrogens is 1. The van der Waals surface area contributed by atoms with Gasteiger partial charge in [0.2, 0.25) is 11.8 Å². The van der Waals surface area contributed by atoms with Gasteiger partial charge in [0, 0.05) is 38.6 Å². The molecule has 0 aromatic carbocycles. The zero-order valence-corrected chi connectivity index (χ0v) is 15.9. The fourth-order valence-electron chi connectivity index (χ4n) is 2.34. The van der Waals surface area contributed by atoms with Crippen molar-refractivity contribution in [2.24, 2.45) is 7.05 Å². The second-order valence-electron chi connectivity index (χ2n) is 6.09. The molecule has 0 aliphatic carbocycles. The summed E-state index contributed by atoms with van der Waals surface area (Å²) in [7, 11) is 3.54. The number of amides is 2. The van der Waals surface area contributed by atoms with E-state index in [0.29, 0.717) is 19.7 Å². The van der Waals surface area contributed by atoms with Gasteiger partial charge in [0.1, 0.15) is 11.9 Å². The molecule has 7 heteroatoms. The summed E-state index contributed by atoms with van der Waals surface area (Å²) in [6, 6.07) is 3.81. The summed E-state index contributed by atoms with van der Waals surface area (Å²) in [5.74, 6) is -0.349. The molecular formula is C17H28ClN3O3. The van der Waals surface area contributed by atoms with Gasteiger partial charge >= 0.3 is 0 Å². The number of carbonyl (C=O) groups excluding carboxylic acids is 2. The van der Waals surface area contributed by atoms with E-state index in [0.717, 1.165) is 5.69 Å². The van der Waals surface area contributed by atoms with Crippen LogP contribution in [0.1, 0.15) is 26.5 Å². The van der Waals surface area contributed by atoms with Crippen LogP contribution in [-0.4, -0.2) is 64.4 Å². The molecule has 1 unspecified atom stereocenters. The number of ether oxygens (including phenoxy) is 1. The van der Waals surface area contributed by atoms with Crippen molar-refractivity contribution in [1.29, 1.82) is 0 Å². The SMILES string of the molecule is COCCN(Cc1cccn1C)C(=O)CN(C(=O)C(C)Cl)C(C)C. The summed E-state index contributed by atoms with van der Waals surface area (Å²) in [6.07, 6.45) is 1.94. The van der Waals surface area contributed by atoms with Gasteiger partial charge in [-0.15, -0.1) is 11.6 Å². The third-order valence-corrected chi connectivity index (χ3v) is 4.06. The molecule has 136 valence electrons. The van der Waals surface area contributed by atoms with Crippen molar-refractivity contribution in [1.82, 2.24) is 14.4 Å². The van der Waals surface area contributed by atoms with E-state index in [-0.39, 0.29) is 24.4 Å². The van der Waals surface area contributed by atoms with Crippen LogP contribution < -0.4 is 0 Å². The van der Waals surface area contributed by atoms with Crippen LogP contribution in [-0.2, 0) is 27.9 Å². The zero-order valence-electron chi connectivity index (χ0n) is 15.2. The van der Waals surface area contributed by atoms with Gasteiger partial charge in [0.15, 0.2) is 0 Å². The average molecular weight is 358 g/mol. The molecule has 0 saturated carbocycles. The van der Waals surface area contributed by atoms with Crippen molar-refractivity contribution in [3.63, 3.8) is 0 Å². The molecule has 1 aromatic rings. The van der Waals surface area contributed by atoms with Gasteiger partial charge < -0.3 is 19.1 Å². The zero-order chi connectivity index (χ0) is 18.3. The maximum atomic E-state index is 12.8. The van der Waals surface area contributed by atoms with E-state index in [2.05, 4.69) is 0 Å². The van der Waals surface area contributed by atoms with Gasteiger partial charge in [0.05, 0.1) is 13.2 Å². The summed E-state index contributed by atoms with van der Waals surface area (Å²) in [6.45, 7) is 6.78. The molecule has 0 N–H and O–H groups in total. The van der Waals surface area contributed by atoms with Crippen molar-refractivity contribution >= 4 is 23.4 Å². The normalized spacial score (nSPS) is 12.3. The van der Waals surface area contributed by atoms with Crippen LogP contribution in [0.2, 0.25) is 0 Å². The number of nitrogens with zero attached hydrogens (tertiary/aromatic N) is 3. The molecule has 0 bridgehead atoms. The largest absolute Gasteiger partial charge is 0.383 e. The minimum absolute atomic E-state index is 0.0156. The van der Waals surface area contributed by atoms with Crippen LogP contribution in [0.25, 0.3) is 0 Å². The van der Waals surface area contributed by atoms with E-state index in [1.54, 1.807) is 18.9 Å². The first-order valence-electron chi connectivity index (χ1n) is 8.09. The molecule has 0 aliphatic rings. The summed E-state index contributed by atoms with van der Waals surface area (Å²) < 4.78 is 7.08. The lowest BCUT2D eigenvalue weighted by Crippen LogP contribution is -2.48. The smallest absolute Gasteiger partial charge is 0.242 e. The molecule has 0 radical (unpaired) electrons. The Balaban J connectivity index is 2.85. The maximum absolute atomic E-state index is 12.8. The lowest BCUT2D eigenvalue weighted by atomic mass is 10.2. The predicted octanol–water partition coefficient (Wildman–Crippen LogP) is 1.86. The van der Waals surface area contributed by atoms with E-state index < -0.39 is 5.38 Å². The predicted molar refractivity (Wildman–Crippen MR) is 94.9 cm³/mol. The molecule has 1 rings (SSSR count). The Morgan fingerprint density at radius 3 is 2.46 bits per heavy atom. The number of halogens is 1. The number of hydrogen-bond donors (Lipinski definition) is 0. The Hall–Kier alpha value is -1.53.